The van der Waals surface area contributed by atoms with Crippen molar-refractivity contribution in [3.8, 4) is 0 Å². The number of aliphatic hydroxyl groups excluding tert-OH is 1. The Morgan fingerprint density at radius 2 is 2.38 bits per heavy atom. The Morgan fingerprint density at radius 3 is 2.62 bits per heavy atom. The fraction of sp³-hybridized carbons (Fsp3) is 1.00. The highest BCUT2D eigenvalue weighted by Crippen LogP contribution is 1.96. The standard InChI is InChI=1S/C5H12N2O/c1-6-4-2-7-3-5(4)8/h4-8H,2-3H2,1H3/t4-,5-/m1/s1. The van der Waals surface area contributed by atoms with Gasteiger partial charge in [-0.05, 0) is 7.05 Å². The number of β-amino-alcohol motifs (C(OH)–C–C–N with tert-alkyl or cyclic N) is 1. The van der Waals surface area contributed by atoms with Crippen LogP contribution in [0.15, 0.2) is 0 Å². The van der Waals surface area contributed by atoms with E-state index in [1.54, 1.807) is 0 Å². The van der Waals surface area contributed by atoms with Gasteiger partial charge >= 0.3 is 0 Å². The molecule has 0 aliphatic carbocycles. The number of likely N-dealkylation sites (N-methyl/N-ethyl adjacent to an activating group) is 1. The van der Waals surface area contributed by atoms with Crippen LogP contribution in [0.5, 0.6) is 0 Å². The molecule has 1 heterocycles. The lowest BCUT2D eigenvalue weighted by molar-refractivity contribution is 0.167. The maximum Gasteiger partial charge on any atom is 0.0829 e. The number of rotatable bonds is 1. The van der Waals surface area contributed by atoms with E-state index in [-0.39, 0.29) is 12.1 Å². The van der Waals surface area contributed by atoms with E-state index < -0.39 is 0 Å². The topological polar surface area (TPSA) is 44.3 Å². The number of nitrogens with one attached hydrogen (secondary N) is 2. The SMILES string of the molecule is CN[C@@H]1CNC[C@H]1O. The molecule has 0 aromatic rings. The molecule has 0 radical (unpaired) electrons. The Bertz CT molecular complexity index is 76.8. The quantitative estimate of drug-likeness (QED) is 0.392. The monoisotopic (exact) mass is 116 g/mol. The predicted molar refractivity (Wildman–Crippen MR) is 31.7 cm³/mol. The van der Waals surface area contributed by atoms with E-state index in [1.807, 2.05) is 7.05 Å². The van der Waals surface area contributed by atoms with Gasteiger partial charge in [-0.3, -0.25) is 0 Å². The molecule has 1 fully saturated rings. The minimum absolute atomic E-state index is 0.194. The molecule has 0 unspecified atom stereocenters. The fourth-order valence-corrected chi connectivity index (χ4v) is 0.959. The maximum atomic E-state index is 9.06. The van der Waals surface area contributed by atoms with E-state index in [9.17, 15) is 0 Å². The summed E-state index contributed by atoms with van der Waals surface area (Å²) in [6.45, 7) is 1.61. The van der Waals surface area contributed by atoms with Gasteiger partial charge in [-0.25, -0.2) is 0 Å². The highest BCUT2D eigenvalue weighted by Gasteiger charge is 2.22. The average Bonchev–Trinajstić information content (AvgIpc) is 2.14. The van der Waals surface area contributed by atoms with Crippen molar-refractivity contribution in [3.05, 3.63) is 0 Å². The zero-order valence-electron chi connectivity index (χ0n) is 5.02. The van der Waals surface area contributed by atoms with Crippen LogP contribution in [0.4, 0.5) is 0 Å². The summed E-state index contributed by atoms with van der Waals surface area (Å²) in [5.74, 6) is 0. The largest absolute Gasteiger partial charge is 0.390 e. The van der Waals surface area contributed by atoms with Crippen LogP contribution in [0.3, 0.4) is 0 Å². The van der Waals surface area contributed by atoms with Crippen molar-refractivity contribution in [1.82, 2.24) is 10.6 Å². The first-order valence-electron chi connectivity index (χ1n) is 2.90. The van der Waals surface area contributed by atoms with Crippen LogP contribution >= 0.6 is 0 Å². The van der Waals surface area contributed by atoms with Gasteiger partial charge in [0.05, 0.1) is 6.10 Å². The first kappa shape index (κ1) is 6.01. The number of hydrogen-bond donors (Lipinski definition) is 3. The third-order valence-electron chi connectivity index (χ3n) is 1.55. The molecule has 8 heavy (non-hydrogen) atoms. The molecule has 1 aliphatic rings. The number of hydrogen-bond acceptors (Lipinski definition) is 3. The minimum atomic E-state index is -0.194. The summed E-state index contributed by atoms with van der Waals surface area (Å²) in [5.41, 5.74) is 0. The van der Waals surface area contributed by atoms with Crippen LogP contribution in [0.1, 0.15) is 0 Å². The van der Waals surface area contributed by atoms with Gasteiger partial charge in [0, 0.05) is 19.1 Å². The summed E-state index contributed by atoms with van der Waals surface area (Å²) >= 11 is 0. The summed E-state index contributed by atoms with van der Waals surface area (Å²) in [6.07, 6.45) is -0.194. The van der Waals surface area contributed by atoms with Crippen LogP contribution in [-0.2, 0) is 0 Å². The molecule has 3 heteroatoms. The summed E-state index contributed by atoms with van der Waals surface area (Å²) in [6, 6.07) is 0.259. The Hall–Kier alpha value is -0.120. The third-order valence-corrected chi connectivity index (χ3v) is 1.55. The summed E-state index contributed by atoms with van der Waals surface area (Å²) in [5, 5.41) is 15.1. The van der Waals surface area contributed by atoms with Gasteiger partial charge in [0.15, 0.2) is 0 Å². The van der Waals surface area contributed by atoms with E-state index in [2.05, 4.69) is 10.6 Å². The second-order valence-electron chi connectivity index (χ2n) is 2.12. The minimum Gasteiger partial charge on any atom is -0.390 e. The average molecular weight is 116 g/mol. The fourth-order valence-electron chi connectivity index (χ4n) is 0.959. The van der Waals surface area contributed by atoms with E-state index >= 15 is 0 Å². The molecule has 0 spiro atoms. The third kappa shape index (κ3) is 0.992. The highest BCUT2D eigenvalue weighted by molar-refractivity contribution is 4.84. The number of aliphatic hydroxyl groups is 1. The molecule has 3 N–H and O–H groups in total. The molecular weight excluding hydrogens is 104 g/mol. The summed E-state index contributed by atoms with van der Waals surface area (Å²) < 4.78 is 0. The van der Waals surface area contributed by atoms with E-state index in [4.69, 9.17) is 5.11 Å². The second kappa shape index (κ2) is 2.44. The van der Waals surface area contributed by atoms with Crippen LogP contribution in [-0.4, -0.2) is 37.4 Å². The van der Waals surface area contributed by atoms with Crippen molar-refractivity contribution >= 4 is 0 Å². The molecular formula is C5H12N2O. The van der Waals surface area contributed by atoms with Crippen molar-refractivity contribution < 1.29 is 5.11 Å². The summed E-state index contributed by atoms with van der Waals surface area (Å²) in [7, 11) is 1.86. The Balaban J connectivity index is 2.30. The molecule has 48 valence electrons. The van der Waals surface area contributed by atoms with Crippen LogP contribution in [0, 0.1) is 0 Å². The molecule has 3 nitrogen and oxygen atoms in total. The highest BCUT2D eigenvalue weighted by atomic mass is 16.3. The predicted octanol–water partition coefficient (Wildman–Crippen LogP) is -1.46. The maximum absolute atomic E-state index is 9.06. The van der Waals surface area contributed by atoms with Gasteiger partial charge < -0.3 is 15.7 Å². The van der Waals surface area contributed by atoms with Gasteiger partial charge in [-0.15, -0.1) is 0 Å². The van der Waals surface area contributed by atoms with Gasteiger partial charge in [0.25, 0.3) is 0 Å². The van der Waals surface area contributed by atoms with Gasteiger partial charge in [0.2, 0.25) is 0 Å². The Labute approximate surface area is 49.1 Å². The molecule has 1 rings (SSSR count). The normalized spacial score (nSPS) is 38.2. The van der Waals surface area contributed by atoms with E-state index in [0.29, 0.717) is 0 Å². The van der Waals surface area contributed by atoms with Gasteiger partial charge in [-0.2, -0.15) is 0 Å². The Kier molecular flexibility index (Phi) is 1.83. The van der Waals surface area contributed by atoms with Crippen molar-refractivity contribution in [3.63, 3.8) is 0 Å². The molecule has 0 bridgehead atoms. The second-order valence-corrected chi connectivity index (χ2v) is 2.12. The molecule has 1 saturated heterocycles. The van der Waals surface area contributed by atoms with Crippen LogP contribution in [0.25, 0.3) is 0 Å². The smallest absolute Gasteiger partial charge is 0.0829 e. The van der Waals surface area contributed by atoms with Crippen molar-refractivity contribution in [1.29, 1.82) is 0 Å². The van der Waals surface area contributed by atoms with Gasteiger partial charge in [-0.1, -0.05) is 0 Å². The molecule has 2 atom stereocenters. The molecule has 0 aromatic heterocycles. The molecule has 0 aromatic carbocycles. The zero-order valence-corrected chi connectivity index (χ0v) is 5.02. The van der Waals surface area contributed by atoms with Crippen molar-refractivity contribution in [2.24, 2.45) is 0 Å². The lowest BCUT2D eigenvalue weighted by Gasteiger charge is -2.09. The van der Waals surface area contributed by atoms with Crippen molar-refractivity contribution in [2.45, 2.75) is 12.1 Å². The van der Waals surface area contributed by atoms with E-state index in [0.717, 1.165) is 13.1 Å². The van der Waals surface area contributed by atoms with Crippen molar-refractivity contribution in [2.75, 3.05) is 20.1 Å². The zero-order chi connectivity index (χ0) is 5.98. The first-order valence-corrected chi connectivity index (χ1v) is 2.90. The lowest BCUT2D eigenvalue weighted by Crippen LogP contribution is -2.36. The first-order chi connectivity index (χ1) is 3.84. The lowest BCUT2D eigenvalue weighted by atomic mass is 10.2. The van der Waals surface area contributed by atoms with Crippen LogP contribution < -0.4 is 10.6 Å². The summed E-state index contributed by atoms with van der Waals surface area (Å²) in [4.78, 5) is 0. The molecule has 0 saturated carbocycles. The molecule has 1 aliphatic heterocycles. The van der Waals surface area contributed by atoms with Crippen LogP contribution in [0.2, 0.25) is 0 Å². The Morgan fingerprint density at radius 1 is 1.62 bits per heavy atom. The van der Waals surface area contributed by atoms with Gasteiger partial charge in [0.1, 0.15) is 0 Å². The molecule has 0 amide bonds. The van der Waals surface area contributed by atoms with E-state index in [1.165, 1.54) is 0 Å².